The van der Waals surface area contributed by atoms with Gasteiger partial charge in [0.15, 0.2) is 0 Å². The third-order valence-electron chi connectivity index (χ3n) is 2.88. The number of thioether (sulfide) groups is 1. The van der Waals surface area contributed by atoms with Crippen molar-refractivity contribution in [3.63, 3.8) is 0 Å². The first-order valence-electron chi connectivity index (χ1n) is 6.37. The van der Waals surface area contributed by atoms with E-state index < -0.39 is 0 Å². The van der Waals surface area contributed by atoms with Crippen LogP contribution in [0.5, 0.6) is 0 Å². The Morgan fingerprint density at radius 2 is 2.05 bits per heavy atom. The van der Waals surface area contributed by atoms with E-state index in [2.05, 4.69) is 20.8 Å². The number of aryl methyl sites for hydroxylation is 3. The van der Waals surface area contributed by atoms with E-state index in [1.807, 2.05) is 39.0 Å². The Labute approximate surface area is 121 Å². The number of tetrazole rings is 1. The van der Waals surface area contributed by atoms with Crippen molar-refractivity contribution < 1.29 is 4.79 Å². The van der Waals surface area contributed by atoms with Crippen molar-refractivity contribution in [3.05, 3.63) is 29.3 Å². The average molecular weight is 291 g/mol. The van der Waals surface area contributed by atoms with Crippen LogP contribution in [-0.4, -0.2) is 31.9 Å². The molecule has 6 nitrogen and oxygen atoms in total. The van der Waals surface area contributed by atoms with E-state index in [1.165, 1.54) is 11.8 Å². The van der Waals surface area contributed by atoms with Gasteiger partial charge >= 0.3 is 0 Å². The lowest BCUT2D eigenvalue weighted by atomic mass is 10.1. The number of rotatable bonds is 5. The molecule has 2 rings (SSSR count). The molecule has 1 N–H and O–H groups in total. The van der Waals surface area contributed by atoms with Crippen molar-refractivity contribution in [1.82, 2.24) is 20.2 Å². The molecule has 7 heteroatoms. The van der Waals surface area contributed by atoms with Gasteiger partial charge in [0, 0.05) is 12.2 Å². The number of para-hydroxylation sites is 1. The fourth-order valence-corrected chi connectivity index (χ4v) is 2.56. The molecule has 0 aliphatic carbocycles. The Bertz CT molecular complexity index is 590. The second kappa shape index (κ2) is 6.51. The van der Waals surface area contributed by atoms with Gasteiger partial charge in [-0.3, -0.25) is 4.79 Å². The van der Waals surface area contributed by atoms with Gasteiger partial charge in [-0.15, -0.1) is 5.10 Å². The van der Waals surface area contributed by atoms with E-state index in [9.17, 15) is 4.79 Å². The maximum atomic E-state index is 12.0. The maximum absolute atomic E-state index is 12.0. The molecule has 1 aromatic carbocycles. The fourth-order valence-electron chi connectivity index (χ4n) is 1.82. The normalized spacial score (nSPS) is 10.6. The summed E-state index contributed by atoms with van der Waals surface area (Å²) in [7, 11) is 0. The number of benzene rings is 1. The summed E-state index contributed by atoms with van der Waals surface area (Å²) in [4.78, 5) is 12.0. The molecular formula is C13H17N5OS. The molecule has 0 fully saturated rings. The zero-order valence-electron chi connectivity index (χ0n) is 11.8. The van der Waals surface area contributed by atoms with Gasteiger partial charge in [-0.25, -0.2) is 4.68 Å². The molecule has 0 unspecified atom stereocenters. The molecule has 0 saturated carbocycles. The fraction of sp³-hybridized carbons (Fsp3) is 0.385. The summed E-state index contributed by atoms with van der Waals surface area (Å²) in [6, 6.07) is 5.94. The molecule has 0 atom stereocenters. The van der Waals surface area contributed by atoms with Crippen LogP contribution in [0, 0.1) is 13.8 Å². The van der Waals surface area contributed by atoms with Crippen LogP contribution in [0.15, 0.2) is 23.4 Å². The Morgan fingerprint density at radius 3 is 2.70 bits per heavy atom. The van der Waals surface area contributed by atoms with Crippen LogP contribution in [0.3, 0.4) is 0 Å². The monoisotopic (exact) mass is 291 g/mol. The van der Waals surface area contributed by atoms with Gasteiger partial charge in [-0.05, 0) is 42.3 Å². The number of aromatic nitrogens is 4. The second-order valence-electron chi connectivity index (χ2n) is 4.38. The third-order valence-corrected chi connectivity index (χ3v) is 3.83. The van der Waals surface area contributed by atoms with Crippen LogP contribution in [-0.2, 0) is 11.3 Å². The zero-order valence-corrected chi connectivity index (χ0v) is 12.6. The van der Waals surface area contributed by atoms with Crippen molar-refractivity contribution in [2.75, 3.05) is 11.1 Å². The van der Waals surface area contributed by atoms with Gasteiger partial charge in [-0.2, -0.15) is 0 Å². The van der Waals surface area contributed by atoms with E-state index in [1.54, 1.807) is 4.68 Å². The van der Waals surface area contributed by atoms with E-state index in [4.69, 9.17) is 0 Å². The van der Waals surface area contributed by atoms with Crippen molar-refractivity contribution in [2.24, 2.45) is 0 Å². The number of hydrogen-bond acceptors (Lipinski definition) is 5. The van der Waals surface area contributed by atoms with E-state index in [0.29, 0.717) is 11.7 Å². The molecule has 1 heterocycles. The standard InChI is InChI=1S/C13H17N5OS/c1-4-18-13(15-16-17-18)20-8-11(19)14-12-9(2)6-5-7-10(12)3/h5-7H,4,8H2,1-3H3,(H,14,19). The smallest absolute Gasteiger partial charge is 0.234 e. The number of hydrogen-bond donors (Lipinski definition) is 1. The first-order valence-corrected chi connectivity index (χ1v) is 7.35. The maximum Gasteiger partial charge on any atom is 0.234 e. The summed E-state index contributed by atoms with van der Waals surface area (Å²) >= 11 is 1.33. The van der Waals surface area contributed by atoms with Crippen LogP contribution < -0.4 is 5.32 Å². The van der Waals surface area contributed by atoms with E-state index in [-0.39, 0.29) is 11.7 Å². The summed E-state index contributed by atoms with van der Waals surface area (Å²) in [5.74, 6) is 0.229. The lowest BCUT2D eigenvalue weighted by molar-refractivity contribution is -0.113. The molecular weight excluding hydrogens is 274 g/mol. The molecule has 1 amide bonds. The molecule has 0 bridgehead atoms. The summed E-state index contributed by atoms with van der Waals surface area (Å²) in [6.45, 7) is 6.60. The molecule has 106 valence electrons. The minimum atomic E-state index is -0.0574. The van der Waals surface area contributed by atoms with Crippen molar-refractivity contribution in [2.45, 2.75) is 32.5 Å². The predicted molar refractivity (Wildman–Crippen MR) is 78.8 cm³/mol. The Balaban J connectivity index is 1.96. The van der Waals surface area contributed by atoms with Gasteiger partial charge in [0.05, 0.1) is 5.75 Å². The lowest BCUT2D eigenvalue weighted by Gasteiger charge is -2.11. The topological polar surface area (TPSA) is 72.7 Å². The minimum absolute atomic E-state index is 0.0574. The zero-order chi connectivity index (χ0) is 14.5. The van der Waals surface area contributed by atoms with Crippen molar-refractivity contribution >= 4 is 23.4 Å². The minimum Gasteiger partial charge on any atom is -0.325 e. The highest BCUT2D eigenvalue weighted by Crippen LogP contribution is 2.20. The number of nitrogens with zero attached hydrogens (tertiary/aromatic N) is 4. The SMILES string of the molecule is CCn1nnnc1SCC(=O)Nc1c(C)cccc1C. The van der Waals surface area contributed by atoms with Gasteiger partial charge in [-0.1, -0.05) is 30.0 Å². The van der Waals surface area contributed by atoms with Gasteiger partial charge in [0.1, 0.15) is 0 Å². The largest absolute Gasteiger partial charge is 0.325 e. The highest BCUT2D eigenvalue weighted by atomic mass is 32.2. The van der Waals surface area contributed by atoms with Crippen LogP contribution in [0.4, 0.5) is 5.69 Å². The van der Waals surface area contributed by atoms with Crippen molar-refractivity contribution in [1.29, 1.82) is 0 Å². The molecule has 20 heavy (non-hydrogen) atoms. The van der Waals surface area contributed by atoms with E-state index in [0.717, 1.165) is 16.8 Å². The van der Waals surface area contributed by atoms with Crippen LogP contribution >= 0.6 is 11.8 Å². The molecule has 0 spiro atoms. The first kappa shape index (κ1) is 14.5. The number of nitrogens with one attached hydrogen (secondary N) is 1. The molecule has 0 aliphatic heterocycles. The Hall–Kier alpha value is -1.89. The van der Waals surface area contributed by atoms with Gasteiger partial charge in [0.25, 0.3) is 0 Å². The van der Waals surface area contributed by atoms with Crippen molar-refractivity contribution in [3.8, 4) is 0 Å². The molecule has 0 saturated heterocycles. The summed E-state index contributed by atoms with van der Waals surface area (Å²) in [6.07, 6.45) is 0. The predicted octanol–water partition coefficient (Wildman–Crippen LogP) is 2.04. The van der Waals surface area contributed by atoms with Crippen LogP contribution in [0.1, 0.15) is 18.1 Å². The molecule has 0 radical (unpaired) electrons. The number of anilines is 1. The first-order chi connectivity index (χ1) is 9.61. The quantitative estimate of drug-likeness (QED) is 0.853. The second-order valence-corrected chi connectivity index (χ2v) is 5.32. The summed E-state index contributed by atoms with van der Waals surface area (Å²) < 4.78 is 1.66. The highest BCUT2D eigenvalue weighted by Gasteiger charge is 2.11. The average Bonchev–Trinajstić information content (AvgIpc) is 2.88. The molecule has 1 aromatic heterocycles. The van der Waals surface area contributed by atoms with E-state index >= 15 is 0 Å². The number of carbonyl (C=O) groups excluding carboxylic acids is 1. The summed E-state index contributed by atoms with van der Waals surface area (Å²) in [5.41, 5.74) is 3.00. The van der Waals surface area contributed by atoms with Crippen LogP contribution in [0.2, 0.25) is 0 Å². The van der Waals surface area contributed by atoms with Crippen LogP contribution in [0.25, 0.3) is 0 Å². The molecule has 2 aromatic rings. The van der Waals surface area contributed by atoms with Gasteiger partial charge < -0.3 is 5.32 Å². The molecule has 0 aliphatic rings. The Kier molecular flexibility index (Phi) is 4.73. The Morgan fingerprint density at radius 1 is 1.35 bits per heavy atom. The third kappa shape index (κ3) is 3.36. The lowest BCUT2D eigenvalue weighted by Crippen LogP contribution is -2.16. The van der Waals surface area contributed by atoms with Gasteiger partial charge in [0.2, 0.25) is 11.1 Å². The number of carbonyl (C=O) groups is 1. The number of amides is 1. The summed E-state index contributed by atoms with van der Waals surface area (Å²) in [5, 5.41) is 14.9. The highest BCUT2D eigenvalue weighted by molar-refractivity contribution is 7.99.